The summed E-state index contributed by atoms with van der Waals surface area (Å²) in [6.07, 6.45) is -4.24. The molecule has 0 amide bonds. The summed E-state index contributed by atoms with van der Waals surface area (Å²) >= 11 is 0. The third-order valence-corrected chi connectivity index (χ3v) is 4.91. The summed E-state index contributed by atoms with van der Waals surface area (Å²) < 4.78 is 41.8. The van der Waals surface area contributed by atoms with Gasteiger partial charge in [0.25, 0.3) is 0 Å². The number of halogens is 3. The Morgan fingerprint density at radius 1 is 1.28 bits per heavy atom. The predicted octanol–water partition coefficient (Wildman–Crippen LogP) is 3.57. The zero-order valence-corrected chi connectivity index (χ0v) is 15.3. The molecule has 4 rings (SSSR count). The van der Waals surface area contributed by atoms with Crippen LogP contribution >= 0.6 is 0 Å². The molecule has 4 aromatic rings. The molecule has 0 saturated carbocycles. The molecule has 0 bridgehead atoms. The number of H-pyrrole nitrogens is 1. The fourth-order valence-electron chi connectivity index (χ4n) is 3.68. The molecular weight excluding hydrogens is 387 g/mol. The van der Waals surface area contributed by atoms with E-state index in [-0.39, 0.29) is 17.0 Å². The van der Waals surface area contributed by atoms with Crippen molar-refractivity contribution in [3.63, 3.8) is 0 Å². The van der Waals surface area contributed by atoms with Crippen molar-refractivity contribution in [3.8, 4) is 5.69 Å². The van der Waals surface area contributed by atoms with E-state index in [0.717, 1.165) is 0 Å². The van der Waals surface area contributed by atoms with E-state index in [2.05, 4.69) is 10.1 Å². The zero-order chi connectivity index (χ0) is 21.1. The smallest absolute Gasteiger partial charge is 0.434 e. The van der Waals surface area contributed by atoms with Crippen LogP contribution in [0.3, 0.4) is 0 Å². The van der Waals surface area contributed by atoms with Crippen LogP contribution in [0.15, 0.2) is 30.5 Å². The topological polar surface area (TPSA) is 88.0 Å². The molecule has 0 atom stereocenters. The van der Waals surface area contributed by atoms with Crippen molar-refractivity contribution < 1.29 is 27.9 Å². The maximum atomic E-state index is 13.7. The van der Waals surface area contributed by atoms with Crippen LogP contribution in [0.2, 0.25) is 0 Å². The Kier molecular flexibility index (Phi) is 4.02. The van der Waals surface area contributed by atoms with Crippen LogP contribution in [0.1, 0.15) is 41.4 Å². The largest absolute Gasteiger partial charge is 0.478 e. The number of rotatable bonds is 3. The van der Waals surface area contributed by atoms with Gasteiger partial charge < -0.3 is 10.1 Å². The number of nitrogens with one attached hydrogen (secondary N) is 1. The van der Waals surface area contributed by atoms with E-state index in [1.807, 2.05) is 19.8 Å². The van der Waals surface area contributed by atoms with E-state index in [0.29, 0.717) is 38.1 Å². The number of nitrogens with zero attached hydrogens (tertiary/aromatic N) is 2. The molecule has 0 aliphatic rings. The minimum Gasteiger partial charge on any atom is -0.478 e. The first-order valence-corrected chi connectivity index (χ1v) is 8.66. The lowest BCUT2D eigenvalue weighted by Gasteiger charge is -2.17. The lowest BCUT2D eigenvalue weighted by atomic mass is 9.95. The first-order chi connectivity index (χ1) is 13.6. The summed E-state index contributed by atoms with van der Waals surface area (Å²) in [5.41, 5.74) is -0.906. The van der Waals surface area contributed by atoms with Gasteiger partial charge in [-0.2, -0.15) is 18.3 Å². The standard InChI is InChI=1S/C20H14F3N3O3/c1-9(2)12-6-15(26-18(20(21,22)23)13(7-24-26)19(28)29)11-5-3-4-10-14(8-27)25-17(12)16(10)11/h3-7,9,25H,1-2H3,(H,28,29). The highest BCUT2D eigenvalue weighted by Gasteiger charge is 2.41. The lowest BCUT2D eigenvalue weighted by Crippen LogP contribution is -2.17. The Hall–Kier alpha value is -3.58. The van der Waals surface area contributed by atoms with Crippen LogP contribution in [0.25, 0.3) is 27.4 Å². The van der Waals surface area contributed by atoms with Crippen molar-refractivity contribution in [1.82, 2.24) is 14.8 Å². The Morgan fingerprint density at radius 2 is 1.97 bits per heavy atom. The molecule has 2 aromatic carbocycles. The Labute approximate surface area is 161 Å². The number of carboxylic acids is 1. The lowest BCUT2D eigenvalue weighted by molar-refractivity contribution is -0.143. The van der Waals surface area contributed by atoms with Crippen molar-refractivity contribution in [2.45, 2.75) is 25.9 Å². The van der Waals surface area contributed by atoms with Gasteiger partial charge in [-0.25, -0.2) is 14.3 Å². The molecule has 9 heteroatoms. The van der Waals surface area contributed by atoms with Gasteiger partial charge in [-0.05, 0) is 17.5 Å². The summed E-state index contributed by atoms with van der Waals surface area (Å²) in [5, 5.41) is 14.7. The number of carboxylic acid groups (broad SMARTS) is 1. The van der Waals surface area contributed by atoms with Gasteiger partial charge in [-0.1, -0.05) is 32.0 Å². The number of aromatic amines is 1. The summed E-state index contributed by atoms with van der Waals surface area (Å²) in [6.45, 7) is 3.73. The minimum absolute atomic E-state index is 0.0862. The van der Waals surface area contributed by atoms with Gasteiger partial charge in [0.1, 0.15) is 10.9 Å². The Morgan fingerprint density at radius 3 is 2.55 bits per heavy atom. The van der Waals surface area contributed by atoms with E-state index in [1.54, 1.807) is 24.3 Å². The van der Waals surface area contributed by atoms with Crippen LogP contribution in [-0.4, -0.2) is 31.8 Å². The van der Waals surface area contributed by atoms with Crippen molar-refractivity contribution in [1.29, 1.82) is 0 Å². The maximum Gasteiger partial charge on any atom is 0.434 e. The van der Waals surface area contributed by atoms with Gasteiger partial charge in [0.05, 0.1) is 17.4 Å². The van der Waals surface area contributed by atoms with Crippen LogP contribution in [0.4, 0.5) is 13.2 Å². The minimum atomic E-state index is -4.93. The van der Waals surface area contributed by atoms with Crippen molar-refractivity contribution in [2.24, 2.45) is 0 Å². The molecule has 0 radical (unpaired) electrons. The van der Waals surface area contributed by atoms with E-state index in [1.165, 1.54) is 0 Å². The first-order valence-electron chi connectivity index (χ1n) is 8.66. The summed E-state index contributed by atoms with van der Waals surface area (Å²) in [6, 6.07) is 6.44. The predicted molar refractivity (Wildman–Crippen MR) is 99.0 cm³/mol. The number of aromatic nitrogens is 3. The number of hydrogen-bond donors (Lipinski definition) is 2. The molecule has 148 valence electrons. The van der Waals surface area contributed by atoms with Crippen molar-refractivity contribution in [3.05, 3.63) is 52.6 Å². The highest BCUT2D eigenvalue weighted by Crippen LogP contribution is 2.39. The highest BCUT2D eigenvalue weighted by molar-refractivity contribution is 6.14. The van der Waals surface area contributed by atoms with Crippen molar-refractivity contribution in [2.75, 3.05) is 0 Å². The first kappa shape index (κ1) is 18.8. The van der Waals surface area contributed by atoms with Crippen LogP contribution in [0, 0.1) is 0 Å². The van der Waals surface area contributed by atoms with Gasteiger partial charge in [-0.3, -0.25) is 0 Å². The molecule has 0 fully saturated rings. The maximum absolute atomic E-state index is 13.7. The molecule has 2 aromatic heterocycles. The normalized spacial score (nSPS) is 12.2. The van der Waals surface area contributed by atoms with E-state index in [9.17, 15) is 27.9 Å². The molecule has 0 unspecified atom stereocenters. The Balaban J connectivity index is 2.21. The molecular formula is C20H14F3N3O3. The molecule has 2 N–H and O–H groups in total. The average molecular weight is 401 g/mol. The second-order valence-corrected chi connectivity index (χ2v) is 6.97. The number of carbonyl (C=O) groups is 1. The quantitative estimate of drug-likeness (QED) is 0.549. The van der Waals surface area contributed by atoms with Crippen LogP contribution in [0.5, 0.6) is 0 Å². The zero-order valence-electron chi connectivity index (χ0n) is 15.3. The Bertz CT molecular complexity index is 1360. The van der Waals surface area contributed by atoms with Gasteiger partial charge in [0.15, 0.2) is 11.6 Å². The second-order valence-electron chi connectivity index (χ2n) is 6.97. The highest BCUT2D eigenvalue weighted by atomic mass is 19.4. The SMILES string of the molecule is CC(C)c1cc(-n2ncc(C(=O)O)c2C(F)(F)F)c2cccc3c(=C=O)[nH]c1c23. The third-order valence-electron chi connectivity index (χ3n) is 4.91. The van der Waals surface area contributed by atoms with Gasteiger partial charge in [-0.15, -0.1) is 0 Å². The number of hydrogen-bond acceptors (Lipinski definition) is 3. The molecule has 0 aliphatic heterocycles. The van der Waals surface area contributed by atoms with E-state index >= 15 is 0 Å². The fourth-order valence-corrected chi connectivity index (χ4v) is 3.68. The number of aromatic carboxylic acids is 1. The van der Waals surface area contributed by atoms with E-state index in [4.69, 9.17) is 0 Å². The van der Waals surface area contributed by atoms with E-state index < -0.39 is 23.4 Å². The second kappa shape index (κ2) is 6.22. The number of alkyl halides is 3. The van der Waals surface area contributed by atoms with Crippen LogP contribution < -0.4 is 5.35 Å². The fraction of sp³-hybridized carbons (Fsp3) is 0.200. The molecule has 6 nitrogen and oxygen atoms in total. The number of carbonyl (C=O) groups excluding carboxylic acids is 1. The van der Waals surface area contributed by atoms with Crippen molar-refractivity contribution >= 4 is 33.6 Å². The summed E-state index contributed by atoms with van der Waals surface area (Å²) in [5.74, 6) is 0.0161. The summed E-state index contributed by atoms with van der Waals surface area (Å²) in [4.78, 5) is 25.7. The van der Waals surface area contributed by atoms with Gasteiger partial charge in [0.2, 0.25) is 0 Å². The van der Waals surface area contributed by atoms with Gasteiger partial charge in [0, 0.05) is 16.2 Å². The number of benzene rings is 2. The molecule has 0 aliphatic carbocycles. The van der Waals surface area contributed by atoms with Crippen LogP contribution in [-0.2, 0) is 11.0 Å². The molecule has 29 heavy (non-hydrogen) atoms. The average Bonchev–Trinajstić information content (AvgIpc) is 3.25. The molecule has 2 heterocycles. The summed E-state index contributed by atoms with van der Waals surface area (Å²) in [7, 11) is 0. The molecule has 0 saturated heterocycles. The molecule has 0 spiro atoms. The third kappa shape index (κ3) is 2.70. The van der Waals surface area contributed by atoms with Gasteiger partial charge >= 0.3 is 12.1 Å². The monoisotopic (exact) mass is 401 g/mol.